The predicted octanol–water partition coefficient (Wildman–Crippen LogP) is 7.57. The van der Waals surface area contributed by atoms with E-state index in [0.29, 0.717) is 11.3 Å². The van der Waals surface area contributed by atoms with E-state index >= 15 is 0 Å². The normalized spacial score (nSPS) is 11.8. The number of hydrogen-bond donors (Lipinski definition) is 0. The number of nitriles is 1. The van der Waals surface area contributed by atoms with Gasteiger partial charge < -0.3 is 4.40 Å². The SMILES string of the molecule is [C-]#[N+]c1c2ccccc2cc2c1c1cccc3c4c(C#N)c5ccccc5cc4n2c31. The third-order valence-corrected chi connectivity index (χ3v) is 6.53. The molecule has 0 spiro atoms. The Morgan fingerprint density at radius 3 is 2.00 bits per heavy atom. The van der Waals surface area contributed by atoms with Gasteiger partial charge in [-0.3, -0.25) is 0 Å². The average Bonchev–Trinajstić information content (AvgIpc) is 3.32. The van der Waals surface area contributed by atoms with Crippen molar-refractivity contribution in [2.75, 3.05) is 0 Å². The number of nitrogens with zero attached hydrogens (tertiary/aromatic N) is 3. The summed E-state index contributed by atoms with van der Waals surface area (Å²) in [6.45, 7) is 7.95. The van der Waals surface area contributed by atoms with Crippen LogP contribution in [0.5, 0.6) is 0 Å². The molecule has 0 unspecified atom stereocenters. The number of hydrogen-bond acceptors (Lipinski definition) is 1. The molecular weight excluding hydrogens is 378 g/mol. The minimum atomic E-state index is 0.693. The molecule has 3 heteroatoms. The van der Waals surface area contributed by atoms with Gasteiger partial charge >= 0.3 is 0 Å². The monoisotopic (exact) mass is 391 g/mol. The van der Waals surface area contributed by atoms with E-state index in [2.05, 4.69) is 51.7 Å². The predicted molar refractivity (Wildman–Crippen MR) is 127 cm³/mol. The second-order valence-electron chi connectivity index (χ2n) is 7.97. The molecule has 0 saturated carbocycles. The highest BCUT2D eigenvalue weighted by atomic mass is 14.9. The lowest BCUT2D eigenvalue weighted by molar-refractivity contribution is 1.38. The number of para-hydroxylation sites is 1. The van der Waals surface area contributed by atoms with Gasteiger partial charge in [0.1, 0.15) is 6.07 Å². The van der Waals surface area contributed by atoms with E-state index < -0.39 is 0 Å². The van der Waals surface area contributed by atoms with Crippen LogP contribution < -0.4 is 0 Å². The van der Waals surface area contributed by atoms with Gasteiger partial charge in [0.25, 0.3) is 0 Å². The van der Waals surface area contributed by atoms with Gasteiger partial charge in [-0.05, 0) is 33.7 Å². The molecule has 7 aromatic rings. The van der Waals surface area contributed by atoms with Crippen molar-refractivity contribution in [3.05, 3.63) is 95.8 Å². The largest absolute Gasteiger partial charge is 0.309 e. The van der Waals surface area contributed by atoms with Crippen molar-refractivity contribution in [1.82, 2.24) is 4.40 Å². The lowest BCUT2D eigenvalue weighted by Gasteiger charge is -2.07. The molecule has 0 bridgehead atoms. The second kappa shape index (κ2) is 5.51. The fraction of sp³-hybridized carbons (Fsp3) is 0. The molecule has 2 heterocycles. The molecule has 0 radical (unpaired) electrons. The van der Waals surface area contributed by atoms with Crippen molar-refractivity contribution in [3.8, 4) is 6.07 Å². The van der Waals surface area contributed by atoms with Crippen LogP contribution in [0.25, 0.3) is 64.5 Å². The quantitative estimate of drug-likeness (QED) is 0.245. The molecule has 0 amide bonds. The Balaban J connectivity index is 1.89. The van der Waals surface area contributed by atoms with Crippen molar-refractivity contribution in [2.24, 2.45) is 0 Å². The first-order valence-electron chi connectivity index (χ1n) is 10.1. The van der Waals surface area contributed by atoms with Crippen LogP contribution in [-0.2, 0) is 0 Å². The Hall–Kier alpha value is -4.60. The van der Waals surface area contributed by atoms with Gasteiger partial charge in [-0.2, -0.15) is 5.26 Å². The van der Waals surface area contributed by atoms with Gasteiger partial charge in [0.2, 0.25) is 5.69 Å². The Labute approximate surface area is 177 Å². The van der Waals surface area contributed by atoms with Crippen LogP contribution in [0.2, 0.25) is 0 Å². The summed E-state index contributed by atoms with van der Waals surface area (Å²) in [5, 5.41) is 18.3. The number of benzene rings is 5. The zero-order valence-corrected chi connectivity index (χ0v) is 16.3. The van der Waals surface area contributed by atoms with Crippen LogP contribution in [0.4, 0.5) is 5.69 Å². The van der Waals surface area contributed by atoms with Crippen LogP contribution in [0.3, 0.4) is 0 Å². The number of rotatable bonds is 0. The third-order valence-electron chi connectivity index (χ3n) is 6.53. The molecule has 0 N–H and O–H groups in total. The fourth-order valence-electron chi connectivity index (χ4n) is 5.33. The maximum absolute atomic E-state index is 10.1. The summed E-state index contributed by atoms with van der Waals surface area (Å²) < 4.78 is 2.25. The minimum absolute atomic E-state index is 0.693. The molecular formula is C28H13N3. The van der Waals surface area contributed by atoms with E-state index in [-0.39, 0.29) is 0 Å². The molecule has 7 rings (SSSR count). The van der Waals surface area contributed by atoms with Crippen LogP contribution in [0.15, 0.2) is 78.9 Å². The van der Waals surface area contributed by atoms with Crippen molar-refractivity contribution >= 4 is 65.3 Å². The van der Waals surface area contributed by atoms with Gasteiger partial charge in [0.15, 0.2) is 0 Å². The maximum atomic E-state index is 10.1. The Morgan fingerprint density at radius 2 is 1.29 bits per heavy atom. The molecule has 0 aliphatic carbocycles. The Morgan fingerprint density at radius 1 is 0.710 bits per heavy atom. The molecule has 140 valence electrons. The first-order valence-corrected chi connectivity index (χ1v) is 10.1. The number of aromatic nitrogens is 1. The Bertz CT molecular complexity index is 1820. The van der Waals surface area contributed by atoms with E-state index in [4.69, 9.17) is 6.57 Å². The molecule has 0 aliphatic heterocycles. The van der Waals surface area contributed by atoms with Gasteiger partial charge in [-0.1, -0.05) is 66.7 Å². The van der Waals surface area contributed by atoms with E-state index in [1.54, 1.807) is 0 Å². The summed E-state index contributed by atoms with van der Waals surface area (Å²) in [4.78, 5) is 3.97. The molecule has 31 heavy (non-hydrogen) atoms. The highest BCUT2D eigenvalue weighted by molar-refractivity contribution is 6.30. The molecule has 5 aromatic carbocycles. The standard InChI is InChI=1S/C28H13N3/c1-30-27-19-10-5-3-8-17(19)14-24-26(27)21-12-6-11-20-25-22(15-29)18-9-4-2-7-16(18)13-23(25)31(24)28(20)21/h2-14H. The van der Waals surface area contributed by atoms with E-state index in [9.17, 15) is 5.26 Å². The first-order chi connectivity index (χ1) is 15.3. The summed E-state index contributed by atoms with van der Waals surface area (Å²) in [6.07, 6.45) is 0. The Kier molecular flexibility index (Phi) is 2.88. The topological polar surface area (TPSA) is 32.6 Å². The maximum Gasteiger partial charge on any atom is 0.204 e. The highest BCUT2D eigenvalue weighted by Crippen LogP contribution is 2.46. The highest BCUT2D eigenvalue weighted by Gasteiger charge is 2.23. The molecule has 0 saturated heterocycles. The van der Waals surface area contributed by atoms with Crippen molar-refractivity contribution in [2.45, 2.75) is 0 Å². The average molecular weight is 391 g/mol. The van der Waals surface area contributed by atoms with E-state index in [1.165, 1.54) is 0 Å². The lowest BCUT2D eigenvalue weighted by Crippen LogP contribution is -1.86. The summed E-state index contributed by atoms with van der Waals surface area (Å²) in [7, 11) is 0. The van der Waals surface area contributed by atoms with E-state index in [1.807, 2.05) is 42.5 Å². The van der Waals surface area contributed by atoms with Crippen molar-refractivity contribution in [1.29, 1.82) is 5.26 Å². The smallest absolute Gasteiger partial charge is 0.204 e. The van der Waals surface area contributed by atoms with Gasteiger partial charge in [0.05, 0.1) is 23.2 Å². The summed E-state index contributed by atoms with van der Waals surface area (Å²) in [5.41, 5.74) is 4.52. The summed E-state index contributed by atoms with van der Waals surface area (Å²) >= 11 is 0. The molecule has 0 aliphatic rings. The van der Waals surface area contributed by atoms with Crippen LogP contribution >= 0.6 is 0 Å². The van der Waals surface area contributed by atoms with Crippen molar-refractivity contribution < 1.29 is 0 Å². The molecule has 2 aromatic heterocycles. The van der Waals surface area contributed by atoms with Gasteiger partial charge in [0, 0.05) is 27.1 Å². The lowest BCUT2D eigenvalue weighted by atomic mass is 9.98. The zero-order valence-electron chi connectivity index (χ0n) is 16.3. The van der Waals surface area contributed by atoms with E-state index in [0.717, 1.165) is 59.6 Å². The second-order valence-corrected chi connectivity index (χ2v) is 7.97. The summed E-state index contributed by atoms with van der Waals surface area (Å²) in [5.74, 6) is 0. The third kappa shape index (κ3) is 1.82. The molecule has 0 atom stereocenters. The molecule has 3 nitrogen and oxygen atoms in total. The van der Waals surface area contributed by atoms with Crippen LogP contribution in [-0.4, -0.2) is 4.40 Å². The zero-order chi connectivity index (χ0) is 20.7. The van der Waals surface area contributed by atoms with Crippen molar-refractivity contribution in [3.63, 3.8) is 0 Å². The van der Waals surface area contributed by atoms with Gasteiger partial charge in [-0.15, -0.1) is 0 Å². The van der Waals surface area contributed by atoms with Crippen LogP contribution in [0, 0.1) is 17.9 Å². The first kappa shape index (κ1) is 16.2. The van der Waals surface area contributed by atoms with Gasteiger partial charge in [-0.25, -0.2) is 4.85 Å². The number of fused-ring (bicyclic) bond motifs is 8. The molecule has 0 fully saturated rings. The summed E-state index contributed by atoms with van der Waals surface area (Å²) in [6, 6.07) is 29.2. The minimum Gasteiger partial charge on any atom is -0.309 e. The van der Waals surface area contributed by atoms with Crippen LogP contribution in [0.1, 0.15) is 5.56 Å². The fourth-order valence-corrected chi connectivity index (χ4v) is 5.33.